The van der Waals surface area contributed by atoms with Gasteiger partial charge in [0.25, 0.3) is 5.56 Å². The number of allylic oxidation sites excluding steroid dienone is 1. The van der Waals surface area contributed by atoms with Gasteiger partial charge in [-0.15, -0.1) is 0 Å². The third-order valence-electron chi connectivity index (χ3n) is 6.96. The fraction of sp³-hybridized carbons (Fsp3) is 0.167. The summed E-state index contributed by atoms with van der Waals surface area (Å²) in [6, 6.07) is 15.6. The Kier molecular flexibility index (Phi) is 5.83. The fourth-order valence-electron chi connectivity index (χ4n) is 5.10. The van der Waals surface area contributed by atoms with Crippen molar-refractivity contribution in [3.05, 3.63) is 93.0 Å². The molecule has 0 radical (unpaired) electrons. The van der Waals surface area contributed by atoms with Crippen LogP contribution >= 0.6 is 0 Å². The molecule has 2 aliphatic rings. The van der Waals surface area contributed by atoms with E-state index in [9.17, 15) is 14.4 Å². The van der Waals surface area contributed by atoms with E-state index in [4.69, 9.17) is 23.7 Å². The highest BCUT2D eigenvalue weighted by molar-refractivity contribution is 6.15. The highest BCUT2D eigenvalue weighted by Crippen LogP contribution is 2.49. The maximum Gasteiger partial charge on any atom is 0.312 e. The quantitative estimate of drug-likeness (QED) is 0.228. The molecule has 9 heteroatoms. The van der Waals surface area contributed by atoms with Crippen molar-refractivity contribution in [3.8, 4) is 28.7 Å². The Bertz CT molecular complexity index is 1770. The standard InChI is InChI=1S/C30H23NO8/c1-35-22-14-24(37-3)23(36-2)11-16(22)12-25-28(33)17-8-9-21-27(29(17)39-25)18(13-26(32)38-21)19-10-15-6-4-5-7-20(15)31-30(19)34/h4-12,14,18H,13H2,1-3H3,(H,31,34)/b25-12+/t18-/m0/s1. The number of hydrogen-bond donors (Lipinski definition) is 1. The average Bonchev–Trinajstić information content (AvgIpc) is 3.26. The van der Waals surface area contributed by atoms with Crippen LogP contribution in [0.15, 0.2) is 65.2 Å². The number of aromatic nitrogens is 1. The van der Waals surface area contributed by atoms with Gasteiger partial charge in [0.05, 0.1) is 33.3 Å². The summed E-state index contributed by atoms with van der Waals surface area (Å²) in [6.45, 7) is 0. The van der Waals surface area contributed by atoms with Gasteiger partial charge in [-0.1, -0.05) is 18.2 Å². The summed E-state index contributed by atoms with van der Waals surface area (Å²) < 4.78 is 27.9. The lowest BCUT2D eigenvalue weighted by atomic mass is 9.85. The fourth-order valence-corrected chi connectivity index (χ4v) is 5.10. The van der Waals surface area contributed by atoms with Crippen molar-refractivity contribution in [3.63, 3.8) is 0 Å². The number of methoxy groups -OCH3 is 3. The molecule has 0 saturated carbocycles. The third-order valence-corrected chi connectivity index (χ3v) is 6.96. The molecule has 0 saturated heterocycles. The summed E-state index contributed by atoms with van der Waals surface area (Å²) in [4.78, 5) is 42.0. The summed E-state index contributed by atoms with van der Waals surface area (Å²) in [5.41, 5.74) is 2.06. The van der Waals surface area contributed by atoms with Crippen molar-refractivity contribution in [2.24, 2.45) is 0 Å². The Labute approximate surface area is 222 Å². The molecule has 6 rings (SSSR count). The zero-order valence-corrected chi connectivity index (χ0v) is 21.3. The van der Waals surface area contributed by atoms with Crippen LogP contribution in [0.2, 0.25) is 0 Å². The molecule has 2 aliphatic heterocycles. The highest BCUT2D eigenvalue weighted by Gasteiger charge is 2.39. The van der Waals surface area contributed by atoms with E-state index >= 15 is 0 Å². The maximum absolute atomic E-state index is 13.4. The van der Waals surface area contributed by atoms with Gasteiger partial charge < -0.3 is 28.7 Å². The van der Waals surface area contributed by atoms with Gasteiger partial charge in [0.1, 0.15) is 17.2 Å². The highest BCUT2D eigenvalue weighted by atomic mass is 16.5. The van der Waals surface area contributed by atoms with Crippen LogP contribution in [-0.2, 0) is 4.79 Å². The molecule has 0 fully saturated rings. The SMILES string of the molecule is COc1cc(OC)c(OC)cc1/C=C1/Oc2c(ccc3c2[C@H](c2cc4ccccc4[nH]c2=O)CC(=O)O3)C1=O. The zero-order chi connectivity index (χ0) is 27.3. The van der Waals surface area contributed by atoms with Crippen molar-refractivity contribution in [2.75, 3.05) is 21.3 Å². The second-order valence-electron chi connectivity index (χ2n) is 9.11. The molecule has 196 valence electrons. The number of aromatic amines is 1. The van der Waals surface area contributed by atoms with Gasteiger partial charge >= 0.3 is 5.97 Å². The third kappa shape index (κ3) is 3.99. The van der Waals surface area contributed by atoms with Gasteiger partial charge in [-0.3, -0.25) is 14.4 Å². The minimum absolute atomic E-state index is 0.0481. The predicted octanol–water partition coefficient (Wildman–Crippen LogP) is 4.61. The first-order chi connectivity index (χ1) is 18.9. The number of hydrogen-bond acceptors (Lipinski definition) is 8. The molecule has 0 bridgehead atoms. The number of pyridine rings is 1. The molecule has 0 aliphatic carbocycles. The molecular formula is C30H23NO8. The summed E-state index contributed by atoms with van der Waals surface area (Å²) in [7, 11) is 4.53. The lowest BCUT2D eigenvalue weighted by molar-refractivity contribution is -0.135. The van der Waals surface area contributed by atoms with E-state index in [2.05, 4.69) is 4.98 Å². The molecule has 3 aromatic carbocycles. The summed E-state index contributed by atoms with van der Waals surface area (Å²) in [5.74, 6) is 0.422. The summed E-state index contributed by atoms with van der Waals surface area (Å²) in [6.07, 6.45) is 1.48. The Balaban J connectivity index is 1.48. The number of ketones is 1. The van der Waals surface area contributed by atoms with E-state index in [1.165, 1.54) is 21.3 Å². The van der Waals surface area contributed by atoms with Crippen molar-refractivity contribution in [2.45, 2.75) is 12.3 Å². The minimum atomic E-state index is -0.674. The molecule has 39 heavy (non-hydrogen) atoms. The van der Waals surface area contributed by atoms with Gasteiger partial charge in [0.2, 0.25) is 5.78 Å². The van der Waals surface area contributed by atoms with Crippen molar-refractivity contribution >= 4 is 28.7 Å². The lowest BCUT2D eigenvalue weighted by Crippen LogP contribution is -2.26. The molecule has 1 aromatic heterocycles. The van der Waals surface area contributed by atoms with E-state index < -0.39 is 11.9 Å². The number of rotatable bonds is 5. The van der Waals surface area contributed by atoms with Gasteiger partial charge in [0, 0.05) is 34.2 Å². The number of carbonyl (C=O) groups excluding carboxylic acids is 2. The van der Waals surface area contributed by atoms with Crippen LogP contribution in [0.1, 0.15) is 39.4 Å². The first kappa shape index (κ1) is 24.3. The lowest BCUT2D eigenvalue weighted by Gasteiger charge is -2.26. The number of benzene rings is 3. The number of nitrogens with one attached hydrogen (secondary N) is 1. The van der Waals surface area contributed by atoms with E-state index in [-0.39, 0.29) is 35.0 Å². The summed E-state index contributed by atoms with van der Waals surface area (Å²) >= 11 is 0. The molecule has 0 amide bonds. The van der Waals surface area contributed by atoms with Crippen molar-refractivity contribution in [1.29, 1.82) is 0 Å². The number of carbonyl (C=O) groups is 2. The number of H-pyrrole nitrogens is 1. The first-order valence-corrected chi connectivity index (χ1v) is 12.2. The van der Waals surface area contributed by atoms with Crippen LogP contribution in [-0.4, -0.2) is 38.1 Å². The second kappa shape index (κ2) is 9.36. The molecular weight excluding hydrogens is 502 g/mol. The molecule has 0 spiro atoms. The van der Waals surface area contributed by atoms with Gasteiger partial charge in [-0.2, -0.15) is 0 Å². The second-order valence-corrected chi connectivity index (χ2v) is 9.11. The molecule has 4 aromatic rings. The number of ether oxygens (including phenoxy) is 5. The number of fused-ring (bicyclic) bond motifs is 4. The van der Waals surface area contributed by atoms with Gasteiger partial charge in [0.15, 0.2) is 17.3 Å². The Morgan fingerprint density at radius 1 is 0.872 bits per heavy atom. The average molecular weight is 526 g/mol. The van der Waals surface area contributed by atoms with E-state index in [1.807, 2.05) is 24.3 Å². The number of Topliss-reactive ketones (excluding diaryl/α,β-unsaturated/α-hetero) is 1. The molecule has 1 atom stereocenters. The summed E-state index contributed by atoms with van der Waals surface area (Å²) in [5, 5.41) is 0.818. The van der Waals surface area contributed by atoms with Crippen LogP contribution < -0.4 is 29.2 Å². The predicted molar refractivity (Wildman–Crippen MR) is 142 cm³/mol. The zero-order valence-electron chi connectivity index (χ0n) is 21.3. The van der Waals surface area contributed by atoms with Crippen molar-refractivity contribution < 1.29 is 33.3 Å². The topological polar surface area (TPSA) is 113 Å². The van der Waals surface area contributed by atoms with Gasteiger partial charge in [-0.05, 0) is 41.8 Å². The first-order valence-electron chi connectivity index (χ1n) is 12.2. The largest absolute Gasteiger partial charge is 0.496 e. The van der Waals surface area contributed by atoms with Gasteiger partial charge in [-0.25, -0.2) is 0 Å². The normalized spacial score (nSPS) is 16.9. The van der Waals surface area contributed by atoms with Crippen LogP contribution in [0, 0.1) is 0 Å². The van der Waals surface area contributed by atoms with Crippen LogP contribution in [0.4, 0.5) is 0 Å². The monoisotopic (exact) mass is 525 g/mol. The molecule has 9 nitrogen and oxygen atoms in total. The Morgan fingerprint density at radius 2 is 1.62 bits per heavy atom. The van der Waals surface area contributed by atoms with E-state index in [1.54, 1.807) is 36.4 Å². The van der Waals surface area contributed by atoms with Crippen LogP contribution in [0.3, 0.4) is 0 Å². The maximum atomic E-state index is 13.4. The van der Waals surface area contributed by atoms with E-state index in [0.29, 0.717) is 45.0 Å². The van der Waals surface area contributed by atoms with E-state index in [0.717, 1.165) is 5.39 Å². The molecule has 0 unspecified atom stereocenters. The van der Waals surface area contributed by atoms with Crippen LogP contribution in [0.25, 0.3) is 17.0 Å². The Hall–Kier alpha value is -5.05. The smallest absolute Gasteiger partial charge is 0.312 e. The molecule has 3 heterocycles. The van der Waals surface area contributed by atoms with Crippen molar-refractivity contribution in [1.82, 2.24) is 4.98 Å². The molecule has 1 N–H and O–H groups in total. The van der Waals surface area contributed by atoms with Crippen LogP contribution in [0.5, 0.6) is 28.7 Å². The minimum Gasteiger partial charge on any atom is -0.496 e. The number of esters is 1. The number of para-hydroxylation sites is 1. The Morgan fingerprint density at radius 3 is 2.38 bits per heavy atom.